The number of thiophene rings is 1. The maximum atomic E-state index is 11.1. The van der Waals surface area contributed by atoms with E-state index in [1.54, 1.807) is 0 Å². The highest BCUT2D eigenvalue weighted by molar-refractivity contribution is 7.14. The second-order valence-electron chi connectivity index (χ2n) is 4.53. The van der Waals surface area contributed by atoms with Gasteiger partial charge in [0.2, 0.25) is 0 Å². The second kappa shape index (κ2) is 3.80. The molecule has 1 aromatic rings. The van der Waals surface area contributed by atoms with Crippen molar-refractivity contribution in [3.8, 4) is 0 Å². The number of carboxylic acids is 1. The van der Waals surface area contributed by atoms with Gasteiger partial charge in [-0.3, -0.25) is 0 Å². The molecule has 1 spiro atoms. The quantitative estimate of drug-likeness (QED) is 0.832. The van der Waals surface area contributed by atoms with Crippen LogP contribution in [0, 0.1) is 6.92 Å². The topological polar surface area (TPSA) is 55.8 Å². The van der Waals surface area contributed by atoms with Crippen LogP contribution in [0.2, 0.25) is 0 Å². The molecular weight excluding hydrogens is 240 g/mol. The molecule has 2 heterocycles. The van der Waals surface area contributed by atoms with Crippen molar-refractivity contribution in [2.24, 2.45) is 0 Å². The van der Waals surface area contributed by atoms with E-state index < -0.39 is 11.8 Å². The lowest BCUT2D eigenvalue weighted by Gasteiger charge is -2.32. The molecular formula is C12H14O4S. The van der Waals surface area contributed by atoms with Crippen molar-refractivity contribution in [3.63, 3.8) is 0 Å². The fraction of sp³-hybridized carbons (Fsp3) is 0.583. The molecule has 0 unspecified atom stereocenters. The Bertz CT molecular complexity index is 471. The van der Waals surface area contributed by atoms with Crippen LogP contribution in [0.15, 0.2) is 0 Å². The Labute approximate surface area is 103 Å². The standard InChI is InChI=1S/C12H14O4S/c1-7-9-6-12(15-4-5-16-12)3-2-8(9)10(17-7)11(13)14/h2-6H2,1H3,(H,13,14). The average molecular weight is 254 g/mol. The Hall–Kier alpha value is -0.910. The summed E-state index contributed by atoms with van der Waals surface area (Å²) in [6.07, 6.45) is 2.19. The normalized spacial score (nSPS) is 21.7. The first-order valence-electron chi connectivity index (χ1n) is 5.74. The van der Waals surface area contributed by atoms with Crippen molar-refractivity contribution < 1.29 is 19.4 Å². The van der Waals surface area contributed by atoms with Gasteiger partial charge in [-0.15, -0.1) is 11.3 Å². The highest BCUT2D eigenvalue weighted by Crippen LogP contribution is 2.41. The highest BCUT2D eigenvalue weighted by atomic mass is 32.1. The fourth-order valence-corrected chi connectivity index (χ4v) is 3.77. The first-order chi connectivity index (χ1) is 8.11. The molecule has 0 radical (unpaired) electrons. The van der Waals surface area contributed by atoms with Crippen molar-refractivity contribution in [2.75, 3.05) is 13.2 Å². The van der Waals surface area contributed by atoms with E-state index in [4.69, 9.17) is 14.6 Å². The van der Waals surface area contributed by atoms with Gasteiger partial charge < -0.3 is 14.6 Å². The zero-order valence-corrected chi connectivity index (χ0v) is 10.4. The summed E-state index contributed by atoms with van der Waals surface area (Å²) in [5, 5.41) is 9.16. The van der Waals surface area contributed by atoms with E-state index in [2.05, 4.69) is 0 Å². The molecule has 0 bridgehead atoms. The number of carbonyl (C=O) groups is 1. The van der Waals surface area contributed by atoms with Crippen molar-refractivity contribution in [1.29, 1.82) is 0 Å². The van der Waals surface area contributed by atoms with Gasteiger partial charge in [0.15, 0.2) is 5.79 Å². The van der Waals surface area contributed by atoms with Gasteiger partial charge >= 0.3 is 5.97 Å². The molecule has 1 aromatic heterocycles. The number of hydrogen-bond acceptors (Lipinski definition) is 4. The average Bonchev–Trinajstić information content (AvgIpc) is 2.86. The van der Waals surface area contributed by atoms with Crippen LogP contribution in [0.25, 0.3) is 0 Å². The van der Waals surface area contributed by atoms with E-state index in [1.807, 2.05) is 6.92 Å². The summed E-state index contributed by atoms with van der Waals surface area (Å²) in [7, 11) is 0. The summed E-state index contributed by atoms with van der Waals surface area (Å²) < 4.78 is 11.4. The predicted octanol–water partition coefficient (Wildman–Crippen LogP) is 1.99. The maximum Gasteiger partial charge on any atom is 0.346 e. The SMILES string of the molecule is Cc1sc(C(=O)O)c2c1CC1(CC2)OCCO1. The van der Waals surface area contributed by atoms with Gasteiger partial charge in [0, 0.05) is 17.7 Å². The van der Waals surface area contributed by atoms with Gasteiger partial charge in [0.1, 0.15) is 4.88 Å². The number of aryl methyl sites for hydroxylation is 1. The Morgan fingerprint density at radius 2 is 2.06 bits per heavy atom. The number of hydrogen-bond donors (Lipinski definition) is 1. The van der Waals surface area contributed by atoms with E-state index >= 15 is 0 Å². The van der Waals surface area contributed by atoms with Crippen molar-refractivity contribution in [3.05, 3.63) is 20.9 Å². The fourth-order valence-electron chi connectivity index (χ4n) is 2.71. The molecule has 1 aliphatic heterocycles. The summed E-state index contributed by atoms with van der Waals surface area (Å²) in [5.74, 6) is -1.29. The van der Waals surface area contributed by atoms with Crippen LogP contribution in [-0.4, -0.2) is 30.1 Å². The Morgan fingerprint density at radius 1 is 1.35 bits per heavy atom. The molecule has 3 rings (SSSR count). The van der Waals surface area contributed by atoms with Gasteiger partial charge in [-0.05, 0) is 24.5 Å². The Kier molecular flexibility index (Phi) is 2.50. The van der Waals surface area contributed by atoms with Gasteiger partial charge in [0.25, 0.3) is 0 Å². The third-order valence-corrected chi connectivity index (χ3v) is 4.71. The largest absolute Gasteiger partial charge is 0.477 e. The lowest BCUT2D eigenvalue weighted by Crippen LogP contribution is -2.37. The molecule has 0 aromatic carbocycles. The van der Waals surface area contributed by atoms with E-state index in [9.17, 15) is 4.79 Å². The number of carboxylic acid groups (broad SMARTS) is 1. The number of aromatic carboxylic acids is 1. The van der Waals surface area contributed by atoms with Gasteiger partial charge in [-0.25, -0.2) is 4.79 Å². The summed E-state index contributed by atoms with van der Waals surface area (Å²) in [5.41, 5.74) is 2.12. The molecule has 0 amide bonds. The van der Waals surface area contributed by atoms with Crippen molar-refractivity contribution in [1.82, 2.24) is 0 Å². The van der Waals surface area contributed by atoms with Gasteiger partial charge in [-0.2, -0.15) is 0 Å². The lowest BCUT2D eigenvalue weighted by molar-refractivity contribution is -0.163. The van der Waals surface area contributed by atoms with Gasteiger partial charge in [-0.1, -0.05) is 0 Å². The number of rotatable bonds is 1. The van der Waals surface area contributed by atoms with E-state index in [1.165, 1.54) is 11.3 Å². The van der Waals surface area contributed by atoms with Crippen LogP contribution >= 0.6 is 11.3 Å². The second-order valence-corrected chi connectivity index (χ2v) is 5.76. The van der Waals surface area contributed by atoms with Crippen LogP contribution in [0.3, 0.4) is 0 Å². The summed E-state index contributed by atoms with van der Waals surface area (Å²) in [4.78, 5) is 12.7. The first kappa shape index (κ1) is 11.2. The van der Waals surface area contributed by atoms with Crippen LogP contribution in [0.4, 0.5) is 0 Å². The maximum absolute atomic E-state index is 11.1. The number of fused-ring (bicyclic) bond motifs is 1. The first-order valence-corrected chi connectivity index (χ1v) is 6.55. The minimum absolute atomic E-state index is 0.478. The van der Waals surface area contributed by atoms with Crippen LogP contribution in [0.1, 0.15) is 32.1 Å². The van der Waals surface area contributed by atoms with Crippen molar-refractivity contribution in [2.45, 2.75) is 32.0 Å². The lowest BCUT2D eigenvalue weighted by atomic mass is 9.87. The monoisotopic (exact) mass is 254 g/mol. The molecule has 17 heavy (non-hydrogen) atoms. The molecule has 1 fully saturated rings. The van der Waals surface area contributed by atoms with Gasteiger partial charge in [0.05, 0.1) is 13.2 Å². The molecule has 2 aliphatic rings. The van der Waals surface area contributed by atoms with E-state index in [0.717, 1.165) is 28.8 Å². The minimum atomic E-state index is -0.816. The molecule has 1 N–H and O–H groups in total. The zero-order valence-electron chi connectivity index (χ0n) is 9.62. The van der Waals surface area contributed by atoms with Crippen LogP contribution in [-0.2, 0) is 22.3 Å². The molecule has 1 saturated heterocycles. The van der Waals surface area contributed by atoms with Crippen molar-refractivity contribution >= 4 is 17.3 Å². The smallest absolute Gasteiger partial charge is 0.346 e. The van der Waals surface area contributed by atoms with E-state index in [-0.39, 0.29) is 0 Å². The number of ether oxygens (including phenoxy) is 2. The van der Waals surface area contributed by atoms with E-state index in [0.29, 0.717) is 24.5 Å². The predicted molar refractivity (Wildman–Crippen MR) is 62.7 cm³/mol. The summed E-state index contributed by atoms with van der Waals surface area (Å²) in [6, 6.07) is 0. The summed E-state index contributed by atoms with van der Waals surface area (Å²) in [6.45, 7) is 3.26. The minimum Gasteiger partial charge on any atom is -0.477 e. The summed E-state index contributed by atoms with van der Waals surface area (Å²) >= 11 is 1.37. The molecule has 5 heteroatoms. The molecule has 1 aliphatic carbocycles. The molecule has 4 nitrogen and oxygen atoms in total. The third kappa shape index (κ3) is 1.69. The van der Waals surface area contributed by atoms with Crippen LogP contribution in [0.5, 0.6) is 0 Å². The molecule has 0 atom stereocenters. The highest BCUT2D eigenvalue weighted by Gasteiger charge is 2.42. The Balaban J connectivity index is 2.00. The molecule has 92 valence electrons. The Morgan fingerprint density at radius 3 is 2.71 bits per heavy atom. The zero-order chi connectivity index (χ0) is 12.0. The van der Waals surface area contributed by atoms with Crippen LogP contribution < -0.4 is 0 Å². The third-order valence-electron chi connectivity index (χ3n) is 3.53. The molecule has 0 saturated carbocycles.